The number of hydrogen-bond acceptors (Lipinski definition) is 3. The largest absolute Gasteiger partial charge is 0.376 e. The second-order valence-corrected chi connectivity index (χ2v) is 5.56. The van der Waals surface area contributed by atoms with Crippen molar-refractivity contribution in [3.8, 4) is 0 Å². The fourth-order valence-corrected chi connectivity index (χ4v) is 2.49. The summed E-state index contributed by atoms with van der Waals surface area (Å²) in [6.07, 6.45) is 0. The molecule has 19 heavy (non-hydrogen) atoms. The molecule has 0 aliphatic heterocycles. The van der Waals surface area contributed by atoms with Crippen LogP contribution in [0.2, 0.25) is 0 Å². The number of aryl methyl sites for hydroxylation is 2. The van der Waals surface area contributed by atoms with Crippen molar-refractivity contribution in [3.63, 3.8) is 0 Å². The van der Waals surface area contributed by atoms with Crippen LogP contribution in [0.25, 0.3) is 0 Å². The van der Waals surface area contributed by atoms with Gasteiger partial charge in [-0.1, -0.05) is 23.8 Å². The van der Waals surface area contributed by atoms with Crippen LogP contribution >= 0.6 is 11.3 Å². The first-order chi connectivity index (χ1) is 9.15. The summed E-state index contributed by atoms with van der Waals surface area (Å²) in [5.41, 5.74) is 3.40. The van der Waals surface area contributed by atoms with Crippen LogP contribution in [0.3, 0.4) is 0 Å². The third-order valence-electron chi connectivity index (χ3n) is 2.86. The Kier molecular flexibility index (Phi) is 4.58. The highest BCUT2D eigenvalue weighted by atomic mass is 32.1. The maximum absolute atomic E-state index is 11.7. The van der Waals surface area contributed by atoms with Crippen molar-refractivity contribution in [1.29, 1.82) is 0 Å². The summed E-state index contributed by atoms with van der Waals surface area (Å²) >= 11 is 1.65. The number of hydrogen-bond donors (Lipinski definition) is 2. The van der Waals surface area contributed by atoms with Crippen molar-refractivity contribution < 1.29 is 4.79 Å². The van der Waals surface area contributed by atoms with Crippen LogP contribution in [0.1, 0.15) is 16.0 Å². The summed E-state index contributed by atoms with van der Waals surface area (Å²) in [4.78, 5) is 12.9. The van der Waals surface area contributed by atoms with E-state index in [2.05, 4.69) is 23.6 Å². The maximum Gasteiger partial charge on any atom is 0.239 e. The topological polar surface area (TPSA) is 41.1 Å². The molecule has 0 aliphatic rings. The molecule has 0 spiro atoms. The number of benzene rings is 1. The molecule has 1 aromatic carbocycles. The van der Waals surface area contributed by atoms with E-state index >= 15 is 0 Å². The fourth-order valence-electron chi connectivity index (χ4n) is 1.85. The molecule has 0 atom stereocenters. The molecule has 0 bridgehead atoms. The van der Waals surface area contributed by atoms with E-state index in [1.807, 2.05) is 36.6 Å². The average Bonchev–Trinajstić information content (AvgIpc) is 2.88. The van der Waals surface area contributed by atoms with E-state index in [4.69, 9.17) is 0 Å². The van der Waals surface area contributed by atoms with Crippen molar-refractivity contribution in [2.45, 2.75) is 20.4 Å². The number of rotatable bonds is 5. The molecule has 0 radical (unpaired) electrons. The molecule has 4 heteroatoms. The van der Waals surface area contributed by atoms with Gasteiger partial charge in [-0.25, -0.2) is 0 Å². The van der Waals surface area contributed by atoms with E-state index in [1.54, 1.807) is 11.3 Å². The predicted molar refractivity (Wildman–Crippen MR) is 80.6 cm³/mol. The second-order valence-electron chi connectivity index (χ2n) is 4.53. The quantitative estimate of drug-likeness (QED) is 0.879. The molecule has 2 aromatic rings. The molecule has 1 aromatic heterocycles. The van der Waals surface area contributed by atoms with Gasteiger partial charge in [0.1, 0.15) is 0 Å². The van der Waals surface area contributed by atoms with Crippen LogP contribution in [0, 0.1) is 13.8 Å². The highest BCUT2D eigenvalue weighted by Gasteiger charge is 2.03. The lowest BCUT2D eigenvalue weighted by Gasteiger charge is -2.10. The van der Waals surface area contributed by atoms with E-state index in [1.165, 1.54) is 10.4 Å². The Labute approximate surface area is 117 Å². The van der Waals surface area contributed by atoms with Gasteiger partial charge in [0, 0.05) is 10.6 Å². The third kappa shape index (κ3) is 4.10. The van der Waals surface area contributed by atoms with E-state index < -0.39 is 0 Å². The molecule has 2 rings (SSSR count). The lowest BCUT2D eigenvalue weighted by atomic mass is 10.1. The molecule has 0 saturated carbocycles. The van der Waals surface area contributed by atoms with E-state index in [-0.39, 0.29) is 5.91 Å². The van der Waals surface area contributed by atoms with Gasteiger partial charge in [-0.2, -0.15) is 0 Å². The van der Waals surface area contributed by atoms with Gasteiger partial charge >= 0.3 is 0 Å². The number of nitrogens with one attached hydrogen (secondary N) is 2. The Bertz CT molecular complexity index is 549. The molecule has 100 valence electrons. The van der Waals surface area contributed by atoms with Gasteiger partial charge in [0.15, 0.2) is 0 Å². The minimum atomic E-state index is 0.00775. The van der Waals surface area contributed by atoms with Crippen molar-refractivity contribution in [2.75, 3.05) is 11.9 Å². The van der Waals surface area contributed by atoms with Gasteiger partial charge in [-0.05, 0) is 36.9 Å². The summed E-state index contributed by atoms with van der Waals surface area (Å²) in [7, 11) is 0. The number of anilines is 1. The molecule has 0 aliphatic carbocycles. The van der Waals surface area contributed by atoms with Crippen LogP contribution in [-0.4, -0.2) is 12.5 Å². The van der Waals surface area contributed by atoms with Crippen LogP contribution in [-0.2, 0) is 11.3 Å². The van der Waals surface area contributed by atoms with Gasteiger partial charge in [0.25, 0.3) is 0 Å². The highest BCUT2D eigenvalue weighted by Crippen LogP contribution is 2.15. The first-order valence-corrected chi connectivity index (χ1v) is 7.13. The van der Waals surface area contributed by atoms with Gasteiger partial charge in [0.05, 0.1) is 13.1 Å². The smallest absolute Gasteiger partial charge is 0.239 e. The fraction of sp³-hybridized carbons (Fsp3) is 0.267. The standard InChI is InChI=1S/C15H18N2OS/c1-11-5-6-14(12(2)8-11)16-10-15(18)17-9-13-4-3-7-19-13/h3-8,16H,9-10H2,1-2H3,(H,17,18). The summed E-state index contributed by atoms with van der Waals surface area (Å²) in [6, 6.07) is 10.2. The van der Waals surface area contributed by atoms with Gasteiger partial charge in [-0.3, -0.25) is 4.79 Å². The number of carbonyl (C=O) groups excluding carboxylic acids is 1. The summed E-state index contributed by atoms with van der Waals surface area (Å²) in [5, 5.41) is 8.07. The van der Waals surface area contributed by atoms with Gasteiger partial charge in [-0.15, -0.1) is 11.3 Å². The number of amides is 1. The molecule has 0 unspecified atom stereocenters. The zero-order valence-corrected chi connectivity index (χ0v) is 12.0. The van der Waals surface area contributed by atoms with Crippen LogP contribution in [0.5, 0.6) is 0 Å². The minimum Gasteiger partial charge on any atom is -0.376 e. The van der Waals surface area contributed by atoms with Crippen molar-refractivity contribution in [1.82, 2.24) is 5.32 Å². The van der Waals surface area contributed by atoms with Crippen LogP contribution < -0.4 is 10.6 Å². The molecule has 0 fully saturated rings. The van der Waals surface area contributed by atoms with Crippen molar-refractivity contribution >= 4 is 22.9 Å². The first kappa shape index (κ1) is 13.6. The predicted octanol–water partition coefficient (Wildman–Crippen LogP) is 3.09. The Morgan fingerprint density at radius 2 is 2.11 bits per heavy atom. The summed E-state index contributed by atoms with van der Waals surface area (Å²) in [5.74, 6) is 0.00775. The van der Waals surface area contributed by atoms with E-state index in [0.29, 0.717) is 13.1 Å². The molecule has 1 amide bonds. The molecular weight excluding hydrogens is 256 g/mol. The zero-order chi connectivity index (χ0) is 13.7. The highest BCUT2D eigenvalue weighted by molar-refractivity contribution is 7.09. The zero-order valence-electron chi connectivity index (χ0n) is 11.2. The van der Waals surface area contributed by atoms with E-state index in [0.717, 1.165) is 11.3 Å². The average molecular weight is 274 g/mol. The second kappa shape index (κ2) is 6.38. The Balaban J connectivity index is 1.80. The van der Waals surface area contributed by atoms with Crippen molar-refractivity contribution in [3.05, 3.63) is 51.7 Å². The number of thiophene rings is 1. The number of carbonyl (C=O) groups is 1. The summed E-state index contributed by atoms with van der Waals surface area (Å²) in [6.45, 7) is 5.00. The Hall–Kier alpha value is -1.81. The molecule has 2 N–H and O–H groups in total. The molecular formula is C15H18N2OS. The van der Waals surface area contributed by atoms with Gasteiger partial charge < -0.3 is 10.6 Å². The third-order valence-corrected chi connectivity index (χ3v) is 3.74. The maximum atomic E-state index is 11.7. The SMILES string of the molecule is Cc1ccc(NCC(=O)NCc2cccs2)c(C)c1. The van der Waals surface area contributed by atoms with Crippen LogP contribution in [0.15, 0.2) is 35.7 Å². The normalized spacial score (nSPS) is 10.2. The molecule has 1 heterocycles. The van der Waals surface area contributed by atoms with Crippen LogP contribution in [0.4, 0.5) is 5.69 Å². The molecule has 0 saturated heterocycles. The molecule has 3 nitrogen and oxygen atoms in total. The van der Waals surface area contributed by atoms with E-state index in [9.17, 15) is 4.79 Å². The Morgan fingerprint density at radius 1 is 1.26 bits per heavy atom. The first-order valence-electron chi connectivity index (χ1n) is 6.25. The summed E-state index contributed by atoms with van der Waals surface area (Å²) < 4.78 is 0. The Morgan fingerprint density at radius 3 is 2.79 bits per heavy atom. The van der Waals surface area contributed by atoms with Gasteiger partial charge in [0.2, 0.25) is 5.91 Å². The minimum absolute atomic E-state index is 0.00775. The monoisotopic (exact) mass is 274 g/mol. The lowest BCUT2D eigenvalue weighted by molar-refractivity contribution is -0.119. The lowest BCUT2D eigenvalue weighted by Crippen LogP contribution is -2.29. The van der Waals surface area contributed by atoms with Crippen molar-refractivity contribution in [2.24, 2.45) is 0 Å².